The molecule has 0 fully saturated rings. The normalized spacial score (nSPS) is 12.8. The molecular weight excluding hydrogens is 430 g/mol. The number of hydrogen-bond donors (Lipinski definition) is 1. The standard InChI is InChI=1S/C27H41NO4Si/c1-9-18-31-23-13-11-22(12-14-23)26(32-33(7,8)27(2,3)4)20-28-17-16-21-10-15-24(29-5)25(19-21)30-6/h9-15,19,26,28H,1,16-18,20H2,2-8H3/t26-/m0/s1. The molecule has 0 spiro atoms. The summed E-state index contributed by atoms with van der Waals surface area (Å²) in [7, 11) is 1.37. The highest BCUT2D eigenvalue weighted by atomic mass is 28.4. The Balaban J connectivity index is 2.07. The monoisotopic (exact) mass is 471 g/mol. The smallest absolute Gasteiger partial charge is 0.192 e. The van der Waals surface area contributed by atoms with Gasteiger partial charge in [-0.15, -0.1) is 0 Å². The van der Waals surface area contributed by atoms with Crippen LogP contribution < -0.4 is 19.5 Å². The van der Waals surface area contributed by atoms with Crippen molar-refractivity contribution in [3.63, 3.8) is 0 Å². The first-order valence-electron chi connectivity index (χ1n) is 11.5. The number of ether oxygens (including phenoxy) is 3. The molecule has 1 N–H and O–H groups in total. The number of rotatable bonds is 13. The average molecular weight is 472 g/mol. The minimum atomic E-state index is -1.95. The summed E-state index contributed by atoms with van der Waals surface area (Å²) in [5.41, 5.74) is 2.36. The second-order valence-electron chi connectivity index (χ2n) is 9.68. The molecule has 0 bridgehead atoms. The van der Waals surface area contributed by atoms with Crippen LogP contribution in [0, 0.1) is 0 Å². The zero-order chi connectivity index (χ0) is 24.5. The Labute approximate surface area is 201 Å². The quantitative estimate of drug-likeness (QED) is 0.215. The molecule has 0 aliphatic rings. The summed E-state index contributed by atoms with van der Waals surface area (Å²) in [4.78, 5) is 0. The Hall–Kier alpha value is -2.28. The summed E-state index contributed by atoms with van der Waals surface area (Å²) in [6.45, 7) is 17.2. The number of hydrogen-bond acceptors (Lipinski definition) is 5. The zero-order valence-electron chi connectivity index (χ0n) is 21.4. The molecule has 1 atom stereocenters. The van der Waals surface area contributed by atoms with Gasteiger partial charge < -0.3 is 24.0 Å². The third kappa shape index (κ3) is 7.91. The van der Waals surface area contributed by atoms with Gasteiger partial charge in [-0.2, -0.15) is 0 Å². The molecule has 0 heterocycles. The number of benzene rings is 2. The van der Waals surface area contributed by atoms with Gasteiger partial charge in [-0.3, -0.25) is 0 Å². The van der Waals surface area contributed by atoms with Gasteiger partial charge in [-0.05, 0) is 66.5 Å². The molecular formula is C27H41NO4Si. The van der Waals surface area contributed by atoms with E-state index in [0.717, 1.165) is 42.3 Å². The minimum absolute atomic E-state index is 0.0234. The summed E-state index contributed by atoms with van der Waals surface area (Å²) < 4.78 is 23.2. The number of methoxy groups -OCH3 is 2. The van der Waals surface area contributed by atoms with Crippen molar-refractivity contribution < 1.29 is 18.6 Å². The van der Waals surface area contributed by atoms with E-state index in [4.69, 9.17) is 18.6 Å². The van der Waals surface area contributed by atoms with E-state index < -0.39 is 8.32 Å². The van der Waals surface area contributed by atoms with E-state index in [-0.39, 0.29) is 11.1 Å². The Morgan fingerprint density at radius 1 is 1.00 bits per heavy atom. The maximum Gasteiger partial charge on any atom is 0.192 e. The van der Waals surface area contributed by atoms with Crippen LogP contribution in [0.5, 0.6) is 17.2 Å². The average Bonchev–Trinajstić information content (AvgIpc) is 2.79. The molecule has 0 saturated heterocycles. The van der Waals surface area contributed by atoms with Crippen LogP contribution in [0.1, 0.15) is 38.0 Å². The van der Waals surface area contributed by atoms with Gasteiger partial charge in [0.2, 0.25) is 0 Å². The second kappa shape index (κ2) is 12.3. The van der Waals surface area contributed by atoms with E-state index in [1.165, 1.54) is 5.56 Å². The fraction of sp³-hybridized carbons (Fsp3) is 0.481. The lowest BCUT2D eigenvalue weighted by molar-refractivity contribution is 0.180. The minimum Gasteiger partial charge on any atom is -0.493 e. The van der Waals surface area contributed by atoms with Gasteiger partial charge in [0, 0.05) is 6.54 Å². The van der Waals surface area contributed by atoms with E-state index >= 15 is 0 Å². The van der Waals surface area contributed by atoms with Gasteiger partial charge in [0.15, 0.2) is 19.8 Å². The van der Waals surface area contributed by atoms with Gasteiger partial charge in [-0.25, -0.2) is 0 Å². The molecule has 5 nitrogen and oxygen atoms in total. The molecule has 2 aromatic carbocycles. The highest BCUT2D eigenvalue weighted by molar-refractivity contribution is 6.74. The maximum absolute atomic E-state index is 6.81. The molecule has 6 heteroatoms. The Morgan fingerprint density at radius 3 is 2.24 bits per heavy atom. The highest BCUT2D eigenvalue weighted by Gasteiger charge is 2.39. The summed E-state index contributed by atoms with van der Waals surface area (Å²) in [5.74, 6) is 2.34. The van der Waals surface area contributed by atoms with Gasteiger partial charge in [-0.1, -0.05) is 51.6 Å². The van der Waals surface area contributed by atoms with Crippen molar-refractivity contribution in [3.8, 4) is 17.2 Å². The molecule has 0 amide bonds. The van der Waals surface area contributed by atoms with Crippen LogP contribution in [0.4, 0.5) is 0 Å². The van der Waals surface area contributed by atoms with Crippen LogP contribution in [-0.2, 0) is 10.8 Å². The Kier molecular flexibility index (Phi) is 10.0. The predicted molar refractivity (Wildman–Crippen MR) is 139 cm³/mol. The molecule has 0 aromatic heterocycles. The van der Waals surface area contributed by atoms with Crippen molar-refractivity contribution in [3.05, 3.63) is 66.2 Å². The van der Waals surface area contributed by atoms with Crippen LogP contribution in [0.25, 0.3) is 0 Å². The first kappa shape index (κ1) is 27.0. The fourth-order valence-corrected chi connectivity index (χ4v) is 4.48. The van der Waals surface area contributed by atoms with Crippen molar-refractivity contribution >= 4 is 8.32 Å². The van der Waals surface area contributed by atoms with Crippen molar-refractivity contribution in [2.45, 2.75) is 51.4 Å². The second-order valence-corrected chi connectivity index (χ2v) is 14.4. The van der Waals surface area contributed by atoms with Gasteiger partial charge in [0.05, 0.1) is 20.3 Å². The molecule has 0 unspecified atom stereocenters. The lowest BCUT2D eigenvalue weighted by atomic mass is 10.1. The third-order valence-corrected chi connectivity index (χ3v) is 10.7. The summed E-state index contributed by atoms with van der Waals surface area (Å²) in [6, 6.07) is 14.3. The lowest BCUT2D eigenvalue weighted by Crippen LogP contribution is -2.43. The first-order valence-corrected chi connectivity index (χ1v) is 14.4. The zero-order valence-corrected chi connectivity index (χ0v) is 22.4. The molecule has 182 valence electrons. The van der Waals surface area contributed by atoms with E-state index in [1.807, 2.05) is 24.3 Å². The van der Waals surface area contributed by atoms with Crippen molar-refractivity contribution in [2.75, 3.05) is 33.9 Å². The van der Waals surface area contributed by atoms with Crippen LogP contribution in [-0.4, -0.2) is 42.2 Å². The van der Waals surface area contributed by atoms with E-state index in [2.05, 4.69) is 64.0 Å². The molecule has 0 aliphatic heterocycles. The Morgan fingerprint density at radius 2 is 1.67 bits per heavy atom. The largest absolute Gasteiger partial charge is 0.493 e. The van der Waals surface area contributed by atoms with Crippen LogP contribution in [0.15, 0.2) is 55.1 Å². The van der Waals surface area contributed by atoms with Crippen LogP contribution in [0.2, 0.25) is 18.1 Å². The molecule has 2 aromatic rings. The molecule has 2 rings (SSSR count). The summed E-state index contributed by atoms with van der Waals surface area (Å²) >= 11 is 0. The Bertz CT molecular complexity index is 875. The van der Waals surface area contributed by atoms with Gasteiger partial charge in [0.1, 0.15) is 12.4 Å². The molecule has 0 saturated carbocycles. The third-order valence-electron chi connectivity index (χ3n) is 6.23. The van der Waals surface area contributed by atoms with Crippen LogP contribution >= 0.6 is 0 Å². The predicted octanol–water partition coefficient (Wildman–Crippen LogP) is 6.16. The molecule has 0 radical (unpaired) electrons. The summed E-state index contributed by atoms with van der Waals surface area (Å²) in [5, 5.41) is 3.74. The van der Waals surface area contributed by atoms with E-state index in [9.17, 15) is 0 Å². The topological polar surface area (TPSA) is 49.0 Å². The fourth-order valence-electron chi connectivity index (χ4n) is 3.20. The SMILES string of the molecule is C=CCOc1ccc([C@H](CNCCc2ccc(OC)c(OC)c2)O[Si](C)(C)C(C)(C)C)cc1. The lowest BCUT2D eigenvalue weighted by Gasteiger charge is -2.39. The van der Waals surface area contributed by atoms with Crippen molar-refractivity contribution in [1.82, 2.24) is 5.32 Å². The molecule has 0 aliphatic carbocycles. The van der Waals surface area contributed by atoms with E-state index in [1.54, 1.807) is 20.3 Å². The highest BCUT2D eigenvalue weighted by Crippen LogP contribution is 2.39. The van der Waals surface area contributed by atoms with Crippen molar-refractivity contribution in [1.29, 1.82) is 0 Å². The van der Waals surface area contributed by atoms with Gasteiger partial charge >= 0.3 is 0 Å². The van der Waals surface area contributed by atoms with Crippen LogP contribution in [0.3, 0.4) is 0 Å². The van der Waals surface area contributed by atoms with Gasteiger partial charge in [0.25, 0.3) is 0 Å². The van der Waals surface area contributed by atoms with Crippen molar-refractivity contribution in [2.24, 2.45) is 0 Å². The summed E-state index contributed by atoms with van der Waals surface area (Å²) in [6.07, 6.45) is 2.62. The maximum atomic E-state index is 6.81. The number of nitrogens with one attached hydrogen (secondary N) is 1. The first-order chi connectivity index (χ1) is 15.6. The molecule has 33 heavy (non-hydrogen) atoms. The van der Waals surface area contributed by atoms with E-state index in [0.29, 0.717) is 6.61 Å².